The van der Waals surface area contributed by atoms with Crippen molar-refractivity contribution in [2.75, 3.05) is 32.9 Å². The van der Waals surface area contributed by atoms with Gasteiger partial charge in [-0.15, -0.1) is 0 Å². The Balaban J connectivity index is 2.08. The zero-order valence-corrected chi connectivity index (χ0v) is 14.5. The largest absolute Gasteiger partial charge is 0.394 e. The standard InChI is InChI=1S/C14H28N2O11/c15-1-2-16-24-4-7-8(19)10(21)11(22)13(25-7)27-14(5-18)12(23)9(20)6(3-17)26-14/h6-13,16-23H,1-5,15H2/t6-,7-,8-,9-,10+,11-,12+,13-,14+/m1/s1. The molecule has 160 valence electrons. The van der Waals surface area contributed by atoms with E-state index in [9.17, 15) is 35.7 Å². The molecule has 2 saturated heterocycles. The zero-order chi connectivity index (χ0) is 20.2. The molecule has 0 saturated carbocycles. The van der Waals surface area contributed by atoms with Gasteiger partial charge in [0.1, 0.15) is 49.3 Å². The lowest BCUT2D eigenvalue weighted by Gasteiger charge is -2.43. The van der Waals surface area contributed by atoms with Gasteiger partial charge in [0.25, 0.3) is 0 Å². The summed E-state index contributed by atoms with van der Waals surface area (Å²) in [6, 6.07) is 0. The van der Waals surface area contributed by atoms with Gasteiger partial charge in [-0.3, -0.25) is 4.84 Å². The average Bonchev–Trinajstić information content (AvgIpc) is 2.91. The van der Waals surface area contributed by atoms with Gasteiger partial charge in [0.15, 0.2) is 6.29 Å². The number of nitrogens with two attached hydrogens (primary N) is 1. The monoisotopic (exact) mass is 400 g/mol. The summed E-state index contributed by atoms with van der Waals surface area (Å²) in [4.78, 5) is 5.04. The molecule has 0 aromatic carbocycles. The fourth-order valence-electron chi connectivity index (χ4n) is 2.89. The van der Waals surface area contributed by atoms with E-state index in [4.69, 9.17) is 24.8 Å². The maximum atomic E-state index is 10.1. The SMILES string of the molecule is NCCNOC[C@H]1O[C@H](O[C@]2(CO)O[C@H](CO)[C@@H](O)[C@@H]2O)[C@H](O)[C@@H](O)[C@@H]1O. The number of ether oxygens (including phenoxy) is 3. The summed E-state index contributed by atoms with van der Waals surface area (Å²) in [5, 5.41) is 69.0. The van der Waals surface area contributed by atoms with Crippen LogP contribution in [0.2, 0.25) is 0 Å². The molecule has 27 heavy (non-hydrogen) atoms. The molecular formula is C14H28N2O11. The summed E-state index contributed by atoms with van der Waals surface area (Å²) in [5.74, 6) is -2.22. The number of hydrogen-bond donors (Lipinski definition) is 9. The van der Waals surface area contributed by atoms with Gasteiger partial charge in [-0.2, -0.15) is 0 Å². The topological polar surface area (TPSA) is 217 Å². The van der Waals surface area contributed by atoms with Crippen molar-refractivity contribution < 1.29 is 54.8 Å². The summed E-state index contributed by atoms with van der Waals surface area (Å²) < 4.78 is 16.0. The smallest absolute Gasteiger partial charge is 0.224 e. The Labute approximate surface area is 154 Å². The molecule has 0 unspecified atom stereocenters. The fraction of sp³-hybridized carbons (Fsp3) is 1.00. The molecule has 13 nitrogen and oxygen atoms in total. The molecule has 13 heteroatoms. The first-order chi connectivity index (χ1) is 12.8. The van der Waals surface area contributed by atoms with Gasteiger partial charge in [-0.25, -0.2) is 5.48 Å². The van der Waals surface area contributed by atoms with E-state index in [1.807, 2.05) is 0 Å². The van der Waals surface area contributed by atoms with Gasteiger partial charge in [0, 0.05) is 13.1 Å². The third-order valence-corrected chi connectivity index (χ3v) is 4.49. The molecule has 0 bridgehead atoms. The molecule has 0 aromatic heterocycles. The molecule has 0 aliphatic carbocycles. The van der Waals surface area contributed by atoms with Crippen LogP contribution in [-0.4, -0.2) is 123 Å². The summed E-state index contributed by atoms with van der Waals surface area (Å²) in [6.45, 7) is -1.25. The maximum absolute atomic E-state index is 10.1. The van der Waals surface area contributed by atoms with E-state index in [-0.39, 0.29) is 6.61 Å². The number of rotatable bonds is 9. The lowest BCUT2D eigenvalue weighted by molar-refractivity contribution is -0.384. The lowest BCUT2D eigenvalue weighted by atomic mass is 9.99. The van der Waals surface area contributed by atoms with Crippen LogP contribution < -0.4 is 11.2 Å². The normalized spacial score (nSPS) is 45.3. The Morgan fingerprint density at radius 3 is 2.22 bits per heavy atom. The van der Waals surface area contributed by atoms with E-state index in [0.717, 1.165) is 0 Å². The van der Waals surface area contributed by atoms with Crippen LogP contribution in [0.4, 0.5) is 0 Å². The fourth-order valence-corrected chi connectivity index (χ4v) is 2.89. The molecule has 2 rings (SSSR count). The van der Waals surface area contributed by atoms with Crippen LogP contribution >= 0.6 is 0 Å². The zero-order valence-electron chi connectivity index (χ0n) is 14.5. The van der Waals surface area contributed by atoms with Gasteiger partial charge < -0.3 is 55.7 Å². The number of nitrogens with one attached hydrogen (secondary N) is 1. The Kier molecular flexibility index (Phi) is 8.26. The molecule has 2 heterocycles. The van der Waals surface area contributed by atoms with Crippen LogP contribution in [-0.2, 0) is 19.0 Å². The maximum Gasteiger partial charge on any atom is 0.224 e. The second kappa shape index (κ2) is 9.80. The minimum atomic E-state index is -2.22. The number of aliphatic hydroxyl groups is 7. The molecule has 0 spiro atoms. The summed E-state index contributed by atoms with van der Waals surface area (Å²) in [5.41, 5.74) is 7.79. The summed E-state index contributed by atoms with van der Waals surface area (Å²) in [6.07, 6.45) is -12.4. The molecule has 0 radical (unpaired) electrons. The van der Waals surface area contributed by atoms with E-state index in [1.54, 1.807) is 0 Å². The third-order valence-electron chi connectivity index (χ3n) is 4.49. The molecule has 0 amide bonds. The van der Waals surface area contributed by atoms with Crippen LogP contribution in [0.5, 0.6) is 0 Å². The van der Waals surface area contributed by atoms with E-state index >= 15 is 0 Å². The second-order valence-electron chi connectivity index (χ2n) is 6.37. The van der Waals surface area contributed by atoms with Gasteiger partial charge in [0.2, 0.25) is 5.79 Å². The van der Waals surface area contributed by atoms with Crippen LogP contribution in [0.15, 0.2) is 0 Å². The highest BCUT2D eigenvalue weighted by Gasteiger charge is 2.58. The second-order valence-corrected chi connectivity index (χ2v) is 6.37. The first-order valence-corrected chi connectivity index (χ1v) is 8.49. The van der Waals surface area contributed by atoms with Crippen LogP contribution in [0.1, 0.15) is 0 Å². The van der Waals surface area contributed by atoms with Crippen LogP contribution in [0.25, 0.3) is 0 Å². The minimum Gasteiger partial charge on any atom is -0.394 e. The number of hydroxylamine groups is 1. The predicted molar refractivity (Wildman–Crippen MR) is 84.6 cm³/mol. The highest BCUT2D eigenvalue weighted by atomic mass is 16.8. The van der Waals surface area contributed by atoms with Crippen LogP contribution in [0, 0.1) is 0 Å². The van der Waals surface area contributed by atoms with Gasteiger partial charge in [-0.1, -0.05) is 0 Å². The van der Waals surface area contributed by atoms with Crippen molar-refractivity contribution in [1.82, 2.24) is 5.48 Å². The number of aliphatic hydroxyl groups excluding tert-OH is 7. The predicted octanol–water partition coefficient (Wildman–Crippen LogP) is -5.91. The minimum absolute atomic E-state index is 0.248. The van der Waals surface area contributed by atoms with Crippen molar-refractivity contribution in [2.24, 2.45) is 5.73 Å². The first-order valence-electron chi connectivity index (χ1n) is 8.49. The molecule has 2 aliphatic rings. The molecule has 10 N–H and O–H groups in total. The summed E-state index contributed by atoms with van der Waals surface area (Å²) in [7, 11) is 0. The molecule has 2 aliphatic heterocycles. The molecule has 9 atom stereocenters. The number of hydrogen-bond acceptors (Lipinski definition) is 13. The van der Waals surface area contributed by atoms with Crippen molar-refractivity contribution in [3.05, 3.63) is 0 Å². The van der Waals surface area contributed by atoms with E-state index in [0.29, 0.717) is 13.1 Å². The average molecular weight is 400 g/mol. The van der Waals surface area contributed by atoms with Crippen molar-refractivity contribution in [2.45, 2.75) is 54.8 Å². The van der Waals surface area contributed by atoms with Crippen molar-refractivity contribution in [1.29, 1.82) is 0 Å². The van der Waals surface area contributed by atoms with E-state index < -0.39 is 68.0 Å². The Morgan fingerprint density at radius 2 is 1.67 bits per heavy atom. The highest BCUT2D eigenvalue weighted by Crippen LogP contribution is 2.35. The Hall–Kier alpha value is -0.520. The first kappa shape index (κ1) is 22.8. The van der Waals surface area contributed by atoms with Gasteiger partial charge in [-0.05, 0) is 0 Å². The molecule has 0 aromatic rings. The Morgan fingerprint density at radius 1 is 0.963 bits per heavy atom. The quantitative estimate of drug-likeness (QED) is 0.130. The summed E-state index contributed by atoms with van der Waals surface area (Å²) >= 11 is 0. The molecular weight excluding hydrogens is 372 g/mol. The molecule has 2 fully saturated rings. The van der Waals surface area contributed by atoms with Crippen molar-refractivity contribution in [3.8, 4) is 0 Å². The third kappa shape index (κ3) is 4.73. The van der Waals surface area contributed by atoms with Crippen molar-refractivity contribution in [3.63, 3.8) is 0 Å². The van der Waals surface area contributed by atoms with Crippen LogP contribution in [0.3, 0.4) is 0 Å². The van der Waals surface area contributed by atoms with Crippen molar-refractivity contribution >= 4 is 0 Å². The lowest BCUT2D eigenvalue weighted by Crippen LogP contribution is -2.63. The van der Waals surface area contributed by atoms with Gasteiger partial charge in [0.05, 0.1) is 13.2 Å². The van der Waals surface area contributed by atoms with Gasteiger partial charge >= 0.3 is 0 Å². The van der Waals surface area contributed by atoms with E-state index in [1.165, 1.54) is 0 Å². The Bertz CT molecular complexity index is 461. The van der Waals surface area contributed by atoms with E-state index in [2.05, 4.69) is 5.48 Å². The highest BCUT2D eigenvalue weighted by molar-refractivity contribution is 4.98.